The Hall–Kier alpha value is -1.63. The average Bonchev–Trinajstić information content (AvgIpc) is 2.29. The van der Waals surface area contributed by atoms with Gasteiger partial charge in [0.2, 0.25) is 5.69 Å². The summed E-state index contributed by atoms with van der Waals surface area (Å²) in [6.07, 6.45) is 2.16. The van der Waals surface area contributed by atoms with Gasteiger partial charge in [-0.15, -0.1) is 0 Å². The van der Waals surface area contributed by atoms with Gasteiger partial charge in [-0.1, -0.05) is 38.5 Å². The van der Waals surface area contributed by atoms with Crippen molar-refractivity contribution in [3.05, 3.63) is 53.2 Å². The third-order valence-corrected chi connectivity index (χ3v) is 3.67. The van der Waals surface area contributed by atoms with Crippen molar-refractivity contribution in [1.82, 2.24) is 0 Å². The first-order chi connectivity index (χ1) is 8.79. The van der Waals surface area contributed by atoms with Gasteiger partial charge in [0.05, 0.1) is 0 Å². The van der Waals surface area contributed by atoms with Crippen LogP contribution in [0.3, 0.4) is 0 Å². The van der Waals surface area contributed by atoms with Crippen LogP contribution in [0.1, 0.15) is 37.5 Å². The molecule has 1 aromatic carbocycles. The van der Waals surface area contributed by atoms with Crippen LogP contribution in [-0.2, 0) is 12.5 Å². The molecule has 2 rings (SSSR count). The van der Waals surface area contributed by atoms with E-state index >= 15 is 0 Å². The van der Waals surface area contributed by atoms with Crippen molar-refractivity contribution >= 4 is 0 Å². The Balaban J connectivity index is 2.61. The number of hydrogen-bond donors (Lipinski definition) is 0. The summed E-state index contributed by atoms with van der Waals surface area (Å²) in [5.41, 5.74) is 6.81. The van der Waals surface area contributed by atoms with E-state index in [1.165, 1.54) is 27.9 Å². The number of nitrogens with zero attached hydrogens (tertiary/aromatic N) is 1. The number of pyridine rings is 1. The topological polar surface area (TPSA) is 3.88 Å². The Morgan fingerprint density at radius 1 is 0.947 bits per heavy atom. The van der Waals surface area contributed by atoms with E-state index in [1.807, 2.05) is 0 Å². The summed E-state index contributed by atoms with van der Waals surface area (Å²) in [5.74, 6) is 0. The number of aryl methyl sites for hydroxylation is 3. The molecule has 0 amide bonds. The van der Waals surface area contributed by atoms with E-state index in [2.05, 4.69) is 82.8 Å². The van der Waals surface area contributed by atoms with Gasteiger partial charge >= 0.3 is 0 Å². The Kier molecular flexibility index (Phi) is 3.49. The molecule has 19 heavy (non-hydrogen) atoms. The molecule has 0 aliphatic rings. The quantitative estimate of drug-likeness (QED) is 0.675. The lowest BCUT2D eigenvalue weighted by atomic mass is 9.86. The molecule has 0 N–H and O–H groups in total. The van der Waals surface area contributed by atoms with Crippen molar-refractivity contribution in [3.63, 3.8) is 0 Å². The van der Waals surface area contributed by atoms with Crippen molar-refractivity contribution in [2.45, 2.75) is 40.0 Å². The summed E-state index contributed by atoms with van der Waals surface area (Å²) >= 11 is 0. The second-order valence-electron chi connectivity index (χ2n) is 6.48. The molecule has 0 fully saturated rings. The number of aromatic nitrogens is 1. The summed E-state index contributed by atoms with van der Waals surface area (Å²) in [7, 11) is 2.11. The second kappa shape index (κ2) is 4.80. The van der Waals surface area contributed by atoms with Crippen molar-refractivity contribution in [1.29, 1.82) is 0 Å². The molecule has 1 heterocycles. The van der Waals surface area contributed by atoms with Crippen LogP contribution in [0, 0.1) is 13.8 Å². The van der Waals surface area contributed by atoms with E-state index in [4.69, 9.17) is 0 Å². The first kappa shape index (κ1) is 13.8. The molecule has 0 atom stereocenters. The third-order valence-electron chi connectivity index (χ3n) is 3.67. The van der Waals surface area contributed by atoms with Crippen molar-refractivity contribution < 1.29 is 4.57 Å². The molecule has 0 bridgehead atoms. The molecule has 1 aromatic heterocycles. The van der Waals surface area contributed by atoms with Crippen LogP contribution in [-0.4, -0.2) is 0 Å². The van der Waals surface area contributed by atoms with Crippen LogP contribution < -0.4 is 4.57 Å². The Labute approximate surface area is 116 Å². The molecule has 0 aliphatic heterocycles. The van der Waals surface area contributed by atoms with Gasteiger partial charge in [-0.3, -0.25) is 0 Å². The molecule has 2 aromatic rings. The molecule has 1 heteroatoms. The largest absolute Gasteiger partial charge is 0.212 e. The molecule has 0 aliphatic carbocycles. The summed E-state index contributed by atoms with van der Waals surface area (Å²) < 4.78 is 2.20. The molecule has 0 spiro atoms. The Bertz CT molecular complexity index is 604. The molecule has 0 saturated heterocycles. The molecule has 0 unspecified atom stereocenters. The van der Waals surface area contributed by atoms with Gasteiger partial charge in [0.15, 0.2) is 6.20 Å². The van der Waals surface area contributed by atoms with Gasteiger partial charge in [-0.2, -0.15) is 0 Å². The fraction of sp³-hybridized carbons (Fsp3) is 0.389. The smallest absolute Gasteiger partial charge is 0.201 e. The van der Waals surface area contributed by atoms with E-state index < -0.39 is 0 Å². The molecule has 0 radical (unpaired) electrons. The van der Waals surface area contributed by atoms with Gasteiger partial charge in [0, 0.05) is 17.7 Å². The summed E-state index contributed by atoms with van der Waals surface area (Å²) in [5, 5.41) is 0. The summed E-state index contributed by atoms with van der Waals surface area (Å²) in [6.45, 7) is 11.1. The second-order valence-corrected chi connectivity index (χ2v) is 6.48. The van der Waals surface area contributed by atoms with Crippen LogP contribution in [0.2, 0.25) is 0 Å². The van der Waals surface area contributed by atoms with E-state index in [9.17, 15) is 0 Å². The highest BCUT2D eigenvalue weighted by Gasteiger charge is 2.19. The van der Waals surface area contributed by atoms with Crippen LogP contribution in [0.15, 0.2) is 36.5 Å². The Morgan fingerprint density at radius 2 is 1.63 bits per heavy atom. The summed E-state index contributed by atoms with van der Waals surface area (Å²) in [6, 6.07) is 11.2. The molecule has 0 saturated carbocycles. The predicted molar refractivity (Wildman–Crippen MR) is 81.2 cm³/mol. The maximum absolute atomic E-state index is 2.32. The highest BCUT2D eigenvalue weighted by atomic mass is 14.9. The van der Waals surface area contributed by atoms with Gasteiger partial charge in [-0.25, -0.2) is 4.57 Å². The van der Waals surface area contributed by atoms with Gasteiger partial charge in [0.1, 0.15) is 7.05 Å². The van der Waals surface area contributed by atoms with E-state index in [0.717, 1.165) is 0 Å². The molecule has 100 valence electrons. The van der Waals surface area contributed by atoms with Gasteiger partial charge < -0.3 is 0 Å². The minimum Gasteiger partial charge on any atom is -0.201 e. The minimum atomic E-state index is 0.182. The zero-order valence-electron chi connectivity index (χ0n) is 12.9. The van der Waals surface area contributed by atoms with E-state index in [0.29, 0.717) is 0 Å². The zero-order valence-corrected chi connectivity index (χ0v) is 12.9. The fourth-order valence-corrected chi connectivity index (χ4v) is 2.40. The molecular weight excluding hydrogens is 230 g/mol. The number of benzene rings is 1. The zero-order chi connectivity index (χ0) is 14.2. The minimum absolute atomic E-state index is 0.182. The molecule has 1 nitrogen and oxygen atoms in total. The maximum atomic E-state index is 2.32. The first-order valence-electron chi connectivity index (χ1n) is 6.87. The van der Waals surface area contributed by atoms with Crippen LogP contribution >= 0.6 is 0 Å². The normalized spacial score (nSPS) is 11.7. The maximum Gasteiger partial charge on any atom is 0.212 e. The van der Waals surface area contributed by atoms with Gasteiger partial charge in [0.25, 0.3) is 0 Å². The van der Waals surface area contributed by atoms with Crippen molar-refractivity contribution in [2.24, 2.45) is 7.05 Å². The predicted octanol–water partition coefficient (Wildman–Crippen LogP) is 4.09. The fourth-order valence-electron chi connectivity index (χ4n) is 2.40. The van der Waals surface area contributed by atoms with Crippen LogP contribution in [0.25, 0.3) is 11.3 Å². The van der Waals surface area contributed by atoms with Crippen molar-refractivity contribution in [3.8, 4) is 11.3 Å². The molecular formula is C18H24N+. The lowest BCUT2D eigenvalue weighted by Gasteiger charge is -2.19. The average molecular weight is 254 g/mol. The lowest BCUT2D eigenvalue weighted by molar-refractivity contribution is -0.660. The Morgan fingerprint density at radius 3 is 2.21 bits per heavy atom. The van der Waals surface area contributed by atoms with E-state index in [1.54, 1.807) is 0 Å². The monoisotopic (exact) mass is 254 g/mol. The highest BCUT2D eigenvalue weighted by molar-refractivity contribution is 5.62. The first-order valence-corrected chi connectivity index (χ1v) is 6.87. The highest BCUT2D eigenvalue weighted by Crippen LogP contribution is 2.27. The van der Waals surface area contributed by atoms with Crippen LogP contribution in [0.4, 0.5) is 0 Å². The van der Waals surface area contributed by atoms with Crippen LogP contribution in [0.5, 0.6) is 0 Å². The van der Waals surface area contributed by atoms with Crippen molar-refractivity contribution in [2.75, 3.05) is 0 Å². The third kappa shape index (κ3) is 2.86. The van der Waals surface area contributed by atoms with E-state index in [-0.39, 0.29) is 5.41 Å². The number of hydrogen-bond acceptors (Lipinski definition) is 0. The standard InChI is InChI=1S/C18H24N/c1-13-7-8-16(14(2)11-13)17-12-15(18(3,4)5)9-10-19(17)6/h7-12H,1-6H3/q+1. The summed E-state index contributed by atoms with van der Waals surface area (Å²) in [4.78, 5) is 0. The SMILES string of the molecule is Cc1ccc(-c2cc(C(C)(C)C)cc[n+]2C)c(C)c1. The van der Waals surface area contributed by atoms with Gasteiger partial charge in [-0.05, 0) is 36.5 Å². The lowest BCUT2D eigenvalue weighted by Crippen LogP contribution is -2.31. The number of rotatable bonds is 1.